The lowest BCUT2D eigenvalue weighted by molar-refractivity contribution is -0.384. The van der Waals surface area contributed by atoms with Crippen LogP contribution in [-0.2, 0) is 10.0 Å². The molecule has 1 heterocycles. The maximum atomic E-state index is 13.2. The number of para-hydroxylation sites is 1. The Bertz CT molecular complexity index is 979. The van der Waals surface area contributed by atoms with Gasteiger partial charge in [0.2, 0.25) is 0 Å². The van der Waals surface area contributed by atoms with E-state index in [-0.39, 0.29) is 29.8 Å². The number of anilines is 2. The molecule has 0 aliphatic carbocycles. The number of aliphatic hydroxyl groups is 1. The molecule has 3 rings (SSSR count). The van der Waals surface area contributed by atoms with Crippen molar-refractivity contribution in [3.05, 3.63) is 58.6 Å². The molecule has 2 aromatic rings. The Hall–Kier alpha value is -2.65. The average molecular weight is 434 g/mol. The van der Waals surface area contributed by atoms with Crippen LogP contribution < -0.4 is 9.21 Å². The van der Waals surface area contributed by atoms with Crippen LogP contribution >= 0.6 is 0 Å². The number of piperidine rings is 1. The number of nitro groups is 1. The Morgan fingerprint density at radius 1 is 1.20 bits per heavy atom. The molecule has 1 aliphatic heterocycles. The van der Waals surface area contributed by atoms with Crippen LogP contribution in [0.4, 0.5) is 17.1 Å². The van der Waals surface area contributed by atoms with Crippen molar-refractivity contribution < 1.29 is 18.4 Å². The quantitative estimate of drug-likeness (QED) is 0.504. The summed E-state index contributed by atoms with van der Waals surface area (Å²) in [7, 11) is -3.96. The van der Waals surface area contributed by atoms with Crippen molar-refractivity contribution in [2.45, 2.75) is 43.5 Å². The first kappa shape index (κ1) is 22.0. The minimum Gasteiger partial charge on any atom is -0.396 e. The number of hydrogen-bond acceptors (Lipinski definition) is 6. The van der Waals surface area contributed by atoms with Crippen molar-refractivity contribution in [1.29, 1.82) is 0 Å². The molecule has 8 nitrogen and oxygen atoms in total. The molecule has 9 heteroatoms. The molecule has 0 radical (unpaired) electrons. The van der Waals surface area contributed by atoms with Gasteiger partial charge in [0, 0.05) is 31.8 Å². The molecule has 1 saturated heterocycles. The van der Waals surface area contributed by atoms with Crippen LogP contribution in [0.25, 0.3) is 0 Å². The second-order valence-corrected chi connectivity index (χ2v) is 9.13. The normalized spacial score (nSPS) is 17.0. The molecular formula is C21H27N3O5S. The summed E-state index contributed by atoms with van der Waals surface area (Å²) in [6, 6.07) is 12.8. The molecule has 1 aliphatic rings. The lowest BCUT2D eigenvalue weighted by atomic mass is 9.98. The van der Waals surface area contributed by atoms with E-state index in [0.717, 1.165) is 25.3 Å². The number of nitro benzene ring substituents is 1. The highest BCUT2D eigenvalue weighted by molar-refractivity contribution is 7.92. The maximum Gasteiger partial charge on any atom is 0.293 e. The van der Waals surface area contributed by atoms with Crippen LogP contribution in [0, 0.1) is 10.1 Å². The predicted octanol–water partition coefficient (Wildman–Crippen LogP) is 3.55. The van der Waals surface area contributed by atoms with Gasteiger partial charge in [-0.1, -0.05) is 18.2 Å². The van der Waals surface area contributed by atoms with Crippen LogP contribution in [-0.4, -0.2) is 44.2 Å². The lowest BCUT2D eigenvalue weighted by Crippen LogP contribution is -2.40. The Morgan fingerprint density at radius 2 is 1.93 bits per heavy atom. The van der Waals surface area contributed by atoms with Gasteiger partial charge in [-0.3, -0.25) is 14.4 Å². The summed E-state index contributed by atoms with van der Waals surface area (Å²) in [5, 5.41) is 21.2. The van der Waals surface area contributed by atoms with Crippen molar-refractivity contribution in [3.63, 3.8) is 0 Å². The molecule has 1 N–H and O–H groups in total. The zero-order valence-electron chi connectivity index (χ0n) is 17.0. The van der Waals surface area contributed by atoms with E-state index in [2.05, 4.69) is 0 Å². The molecule has 0 amide bonds. The minimum atomic E-state index is -3.96. The second-order valence-electron chi connectivity index (χ2n) is 7.27. The fourth-order valence-corrected chi connectivity index (χ4v) is 5.53. The van der Waals surface area contributed by atoms with Gasteiger partial charge in [-0.15, -0.1) is 0 Å². The van der Waals surface area contributed by atoms with E-state index >= 15 is 0 Å². The number of benzene rings is 2. The first-order valence-electron chi connectivity index (χ1n) is 10.1. The zero-order valence-corrected chi connectivity index (χ0v) is 17.8. The Balaban J connectivity index is 2.03. The molecule has 0 aromatic heterocycles. The van der Waals surface area contributed by atoms with Crippen molar-refractivity contribution in [1.82, 2.24) is 0 Å². The van der Waals surface area contributed by atoms with Gasteiger partial charge in [-0.25, -0.2) is 8.42 Å². The van der Waals surface area contributed by atoms with Crippen LogP contribution in [0.3, 0.4) is 0 Å². The minimum absolute atomic E-state index is 0.00126. The number of aliphatic hydroxyl groups excluding tert-OH is 1. The third kappa shape index (κ3) is 4.41. The number of hydrogen-bond donors (Lipinski definition) is 1. The van der Waals surface area contributed by atoms with Gasteiger partial charge in [0.05, 0.1) is 15.5 Å². The maximum absolute atomic E-state index is 13.2. The number of rotatable bonds is 8. The van der Waals surface area contributed by atoms with Gasteiger partial charge >= 0.3 is 0 Å². The molecule has 1 unspecified atom stereocenters. The molecular weight excluding hydrogens is 406 g/mol. The summed E-state index contributed by atoms with van der Waals surface area (Å²) < 4.78 is 27.7. The summed E-state index contributed by atoms with van der Waals surface area (Å²) >= 11 is 0. The standard InChI is InChI=1S/C21H27N3O5S/c1-2-23(18-9-4-3-5-10-18)30(28,29)19-11-12-20(21(16-19)24(26)27)22-14-7-6-8-17(22)13-15-25/h3-5,9-12,16-17,25H,2,6-8,13-15H2,1H3. The highest BCUT2D eigenvalue weighted by atomic mass is 32.2. The van der Waals surface area contributed by atoms with Gasteiger partial charge in [-0.2, -0.15) is 0 Å². The Labute approximate surface area is 176 Å². The number of nitrogens with zero attached hydrogens (tertiary/aromatic N) is 3. The summed E-state index contributed by atoms with van der Waals surface area (Å²) in [6.45, 7) is 2.57. The van der Waals surface area contributed by atoms with E-state index in [1.807, 2.05) is 4.90 Å². The highest BCUT2D eigenvalue weighted by Gasteiger charge is 2.31. The van der Waals surface area contributed by atoms with Crippen LogP contribution in [0.1, 0.15) is 32.6 Å². The molecule has 0 bridgehead atoms. The SMILES string of the molecule is CCN(c1ccccc1)S(=O)(=O)c1ccc(N2CCCCC2CCO)c([N+](=O)[O-])c1. The summed E-state index contributed by atoms with van der Waals surface area (Å²) in [5.74, 6) is 0. The molecule has 1 fully saturated rings. The molecule has 2 aromatic carbocycles. The van der Waals surface area contributed by atoms with Crippen molar-refractivity contribution in [3.8, 4) is 0 Å². The van der Waals surface area contributed by atoms with E-state index < -0.39 is 14.9 Å². The van der Waals surface area contributed by atoms with Crippen LogP contribution in [0.2, 0.25) is 0 Å². The highest BCUT2D eigenvalue weighted by Crippen LogP contribution is 2.36. The fourth-order valence-electron chi connectivity index (χ4n) is 4.03. The Morgan fingerprint density at radius 3 is 2.57 bits per heavy atom. The van der Waals surface area contributed by atoms with Crippen molar-refractivity contribution in [2.24, 2.45) is 0 Å². The molecule has 30 heavy (non-hydrogen) atoms. The summed E-state index contributed by atoms with van der Waals surface area (Å²) in [4.78, 5) is 13.1. The molecule has 0 spiro atoms. The summed E-state index contributed by atoms with van der Waals surface area (Å²) in [5.41, 5.74) is 0.677. The molecule has 1 atom stereocenters. The third-order valence-corrected chi connectivity index (χ3v) is 7.36. The van der Waals surface area contributed by atoms with Gasteiger partial charge < -0.3 is 10.0 Å². The van der Waals surface area contributed by atoms with Crippen molar-refractivity contribution >= 4 is 27.1 Å². The number of sulfonamides is 1. The van der Waals surface area contributed by atoms with Gasteiger partial charge in [0.15, 0.2) is 0 Å². The monoisotopic (exact) mass is 433 g/mol. The van der Waals surface area contributed by atoms with Crippen molar-refractivity contribution in [2.75, 3.05) is 28.9 Å². The topological polar surface area (TPSA) is 104 Å². The van der Waals surface area contributed by atoms with E-state index in [0.29, 0.717) is 24.3 Å². The Kier molecular flexibility index (Phi) is 6.94. The summed E-state index contributed by atoms with van der Waals surface area (Å²) in [6.07, 6.45) is 3.27. The first-order chi connectivity index (χ1) is 14.4. The lowest BCUT2D eigenvalue weighted by Gasteiger charge is -2.37. The third-order valence-electron chi connectivity index (χ3n) is 5.46. The van der Waals surface area contributed by atoms with E-state index in [4.69, 9.17) is 0 Å². The fraction of sp³-hybridized carbons (Fsp3) is 0.429. The molecule has 0 saturated carbocycles. The predicted molar refractivity (Wildman–Crippen MR) is 116 cm³/mol. The van der Waals surface area contributed by atoms with Gasteiger partial charge in [0.25, 0.3) is 15.7 Å². The smallest absolute Gasteiger partial charge is 0.293 e. The molecule has 162 valence electrons. The first-order valence-corrected chi connectivity index (χ1v) is 11.6. The zero-order chi connectivity index (χ0) is 21.7. The van der Waals surface area contributed by atoms with Crippen LogP contribution in [0.15, 0.2) is 53.4 Å². The van der Waals surface area contributed by atoms with E-state index in [9.17, 15) is 23.6 Å². The van der Waals surface area contributed by atoms with Gasteiger partial charge in [-0.05, 0) is 56.9 Å². The largest absolute Gasteiger partial charge is 0.396 e. The average Bonchev–Trinajstić information content (AvgIpc) is 2.75. The van der Waals surface area contributed by atoms with Crippen LogP contribution in [0.5, 0.6) is 0 Å². The van der Waals surface area contributed by atoms with E-state index in [1.54, 1.807) is 37.3 Å². The van der Waals surface area contributed by atoms with E-state index in [1.165, 1.54) is 16.4 Å². The second kappa shape index (κ2) is 9.44. The van der Waals surface area contributed by atoms with Gasteiger partial charge in [0.1, 0.15) is 5.69 Å².